The van der Waals surface area contributed by atoms with Gasteiger partial charge in [-0.3, -0.25) is 4.90 Å². The summed E-state index contributed by atoms with van der Waals surface area (Å²) in [4.78, 5) is 2.28. The second-order valence-electron chi connectivity index (χ2n) is 5.95. The molecule has 2 bridgehead atoms. The molecular formula is C16H20N2O3. The van der Waals surface area contributed by atoms with Gasteiger partial charge in [-0.2, -0.15) is 5.26 Å². The van der Waals surface area contributed by atoms with E-state index in [0.29, 0.717) is 42.9 Å². The van der Waals surface area contributed by atoms with Crippen LogP contribution in [-0.4, -0.2) is 49.5 Å². The number of hydrogen-bond donors (Lipinski definition) is 1. The second-order valence-corrected chi connectivity index (χ2v) is 5.95. The van der Waals surface area contributed by atoms with Gasteiger partial charge in [0.15, 0.2) is 0 Å². The molecule has 2 aliphatic heterocycles. The molecule has 0 radical (unpaired) electrons. The molecule has 2 saturated heterocycles. The normalized spacial score (nSPS) is 32.5. The first-order valence-corrected chi connectivity index (χ1v) is 7.18. The van der Waals surface area contributed by atoms with Gasteiger partial charge < -0.3 is 14.6 Å². The van der Waals surface area contributed by atoms with Crippen molar-refractivity contribution in [3.63, 3.8) is 0 Å². The van der Waals surface area contributed by atoms with Gasteiger partial charge in [0.05, 0.1) is 25.9 Å². The molecule has 0 spiro atoms. The van der Waals surface area contributed by atoms with E-state index in [1.54, 1.807) is 13.2 Å². The molecule has 2 aliphatic rings. The van der Waals surface area contributed by atoms with Crippen LogP contribution in [0.3, 0.4) is 0 Å². The Kier molecular flexibility index (Phi) is 3.62. The zero-order valence-corrected chi connectivity index (χ0v) is 12.4. The third-order valence-corrected chi connectivity index (χ3v) is 4.78. The largest absolute Gasteiger partial charge is 0.495 e. The number of morpholine rings is 1. The van der Waals surface area contributed by atoms with Crippen LogP contribution in [0.25, 0.3) is 0 Å². The quantitative estimate of drug-likeness (QED) is 0.887. The third-order valence-electron chi connectivity index (χ3n) is 4.78. The minimum absolute atomic E-state index is 0.181. The average molecular weight is 288 g/mol. The van der Waals surface area contributed by atoms with E-state index >= 15 is 0 Å². The van der Waals surface area contributed by atoms with Crippen LogP contribution in [0.4, 0.5) is 0 Å². The number of piperidine rings is 1. The number of fused-ring (bicyclic) bond motifs is 2. The zero-order valence-electron chi connectivity index (χ0n) is 12.4. The summed E-state index contributed by atoms with van der Waals surface area (Å²) in [7, 11) is 3.62. The summed E-state index contributed by atoms with van der Waals surface area (Å²) in [5.41, 5.74) is 0.117. The van der Waals surface area contributed by atoms with Gasteiger partial charge >= 0.3 is 0 Å². The number of aliphatic hydroxyl groups is 1. The van der Waals surface area contributed by atoms with Gasteiger partial charge in [-0.15, -0.1) is 0 Å². The Bertz CT molecular complexity index is 567. The SMILES string of the molecule is COc1cccc(C2(O)CC3COCC(C2)N3C)c1C#N. The highest BCUT2D eigenvalue weighted by Gasteiger charge is 2.46. The third kappa shape index (κ3) is 2.30. The van der Waals surface area contributed by atoms with Gasteiger partial charge in [-0.25, -0.2) is 0 Å². The maximum atomic E-state index is 11.2. The highest BCUT2D eigenvalue weighted by molar-refractivity contribution is 5.51. The van der Waals surface area contributed by atoms with E-state index in [1.165, 1.54) is 0 Å². The van der Waals surface area contributed by atoms with E-state index in [-0.39, 0.29) is 12.1 Å². The number of rotatable bonds is 2. The second kappa shape index (κ2) is 5.30. The molecule has 0 amide bonds. The maximum absolute atomic E-state index is 11.2. The molecule has 0 aliphatic carbocycles. The molecule has 2 unspecified atom stereocenters. The first kappa shape index (κ1) is 14.3. The van der Waals surface area contributed by atoms with Crippen molar-refractivity contribution in [1.82, 2.24) is 4.90 Å². The molecule has 5 nitrogen and oxygen atoms in total. The van der Waals surface area contributed by atoms with Gasteiger partial charge in [-0.05, 0) is 26.0 Å². The van der Waals surface area contributed by atoms with Crippen molar-refractivity contribution in [3.8, 4) is 11.8 Å². The Labute approximate surface area is 124 Å². The van der Waals surface area contributed by atoms with Crippen LogP contribution in [0.1, 0.15) is 24.0 Å². The van der Waals surface area contributed by atoms with Crippen LogP contribution >= 0.6 is 0 Å². The lowest BCUT2D eigenvalue weighted by molar-refractivity contribution is -0.137. The van der Waals surface area contributed by atoms with Gasteiger partial charge in [0.25, 0.3) is 0 Å². The standard InChI is InChI=1S/C16H20N2O3/c1-18-11-6-16(19,7-12(18)10-21-9-11)14-4-3-5-15(20-2)13(14)8-17/h3-5,11-12,19H,6-7,9-10H2,1-2H3. The van der Waals surface area contributed by atoms with Gasteiger partial charge in [0.1, 0.15) is 17.4 Å². The Balaban J connectivity index is 2.02. The Hall–Kier alpha value is -1.61. The molecule has 21 heavy (non-hydrogen) atoms. The Morgan fingerprint density at radius 3 is 2.62 bits per heavy atom. The lowest BCUT2D eigenvalue weighted by Crippen LogP contribution is -2.59. The Morgan fingerprint density at radius 1 is 1.38 bits per heavy atom. The van der Waals surface area contributed by atoms with E-state index in [1.807, 2.05) is 12.1 Å². The summed E-state index contributed by atoms with van der Waals surface area (Å²) in [6.07, 6.45) is 1.14. The van der Waals surface area contributed by atoms with E-state index in [2.05, 4.69) is 18.0 Å². The minimum atomic E-state index is -0.995. The number of ether oxygens (including phenoxy) is 2. The van der Waals surface area contributed by atoms with Crippen LogP contribution < -0.4 is 4.74 Å². The predicted molar refractivity (Wildman–Crippen MR) is 77.0 cm³/mol. The molecule has 1 aromatic rings. The molecule has 1 N–H and O–H groups in total. The molecular weight excluding hydrogens is 268 g/mol. The molecule has 2 heterocycles. The molecule has 2 fully saturated rings. The lowest BCUT2D eigenvalue weighted by Gasteiger charge is -2.50. The van der Waals surface area contributed by atoms with Gasteiger partial charge in [0, 0.05) is 17.6 Å². The maximum Gasteiger partial charge on any atom is 0.137 e. The summed E-state index contributed by atoms with van der Waals surface area (Å²) in [6.45, 7) is 1.25. The van der Waals surface area contributed by atoms with Crippen molar-refractivity contribution in [2.75, 3.05) is 27.4 Å². The van der Waals surface area contributed by atoms with Crippen molar-refractivity contribution in [2.45, 2.75) is 30.5 Å². The highest BCUT2D eigenvalue weighted by Crippen LogP contribution is 2.42. The van der Waals surface area contributed by atoms with Crippen LogP contribution in [-0.2, 0) is 10.3 Å². The van der Waals surface area contributed by atoms with E-state index in [0.717, 1.165) is 0 Å². The summed E-state index contributed by atoms with van der Waals surface area (Å²) in [5, 5.41) is 20.7. The topological polar surface area (TPSA) is 65.7 Å². The fraction of sp³-hybridized carbons (Fsp3) is 0.562. The lowest BCUT2D eigenvalue weighted by atomic mass is 9.75. The summed E-state index contributed by atoms with van der Waals surface area (Å²) >= 11 is 0. The van der Waals surface area contributed by atoms with Gasteiger partial charge in [0.2, 0.25) is 0 Å². The number of hydrogen-bond acceptors (Lipinski definition) is 5. The van der Waals surface area contributed by atoms with Crippen LogP contribution in [0.2, 0.25) is 0 Å². The Morgan fingerprint density at radius 2 is 2.05 bits per heavy atom. The summed E-state index contributed by atoms with van der Waals surface area (Å²) in [6, 6.07) is 7.97. The molecule has 1 aromatic carbocycles. The fourth-order valence-corrected chi connectivity index (χ4v) is 3.57. The molecule has 2 atom stereocenters. The molecule has 0 saturated carbocycles. The number of likely N-dealkylation sites (N-methyl/N-ethyl adjacent to an activating group) is 1. The van der Waals surface area contributed by atoms with Crippen molar-refractivity contribution < 1.29 is 14.6 Å². The van der Waals surface area contributed by atoms with Crippen molar-refractivity contribution in [1.29, 1.82) is 5.26 Å². The molecule has 5 heteroatoms. The first-order chi connectivity index (χ1) is 10.1. The van der Waals surface area contributed by atoms with Crippen molar-refractivity contribution in [3.05, 3.63) is 29.3 Å². The summed E-state index contributed by atoms with van der Waals surface area (Å²) in [5.74, 6) is 0.517. The zero-order chi connectivity index (χ0) is 15.0. The van der Waals surface area contributed by atoms with Crippen molar-refractivity contribution >= 4 is 0 Å². The first-order valence-electron chi connectivity index (χ1n) is 7.18. The molecule has 112 valence electrons. The minimum Gasteiger partial charge on any atom is -0.495 e. The van der Waals surface area contributed by atoms with Gasteiger partial charge in [-0.1, -0.05) is 12.1 Å². The molecule has 3 rings (SSSR count). The number of nitrogens with zero attached hydrogens (tertiary/aromatic N) is 2. The van der Waals surface area contributed by atoms with E-state index < -0.39 is 5.60 Å². The summed E-state index contributed by atoms with van der Waals surface area (Å²) < 4.78 is 10.9. The average Bonchev–Trinajstić information content (AvgIpc) is 2.48. The monoisotopic (exact) mass is 288 g/mol. The fourth-order valence-electron chi connectivity index (χ4n) is 3.57. The number of benzene rings is 1. The van der Waals surface area contributed by atoms with Crippen LogP contribution in [0.5, 0.6) is 5.75 Å². The van der Waals surface area contributed by atoms with E-state index in [4.69, 9.17) is 9.47 Å². The van der Waals surface area contributed by atoms with Crippen LogP contribution in [0.15, 0.2) is 18.2 Å². The number of nitriles is 1. The molecule has 0 aromatic heterocycles. The predicted octanol–water partition coefficient (Wildman–Crippen LogP) is 1.25. The van der Waals surface area contributed by atoms with Crippen molar-refractivity contribution in [2.24, 2.45) is 0 Å². The number of methoxy groups -OCH3 is 1. The van der Waals surface area contributed by atoms with Crippen LogP contribution in [0, 0.1) is 11.3 Å². The highest BCUT2D eigenvalue weighted by atomic mass is 16.5. The van der Waals surface area contributed by atoms with E-state index in [9.17, 15) is 10.4 Å². The smallest absolute Gasteiger partial charge is 0.137 e.